The molecule has 0 bridgehead atoms. The molecule has 1 heterocycles. The molecule has 0 spiro atoms. The highest BCUT2D eigenvalue weighted by Crippen LogP contribution is 2.32. The van der Waals surface area contributed by atoms with Crippen LogP contribution in [0.3, 0.4) is 0 Å². The van der Waals surface area contributed by atoms with Crippen LogP contribution in [0.2, 0.25) is 0 Å². The molecule has 0 radical (unpaired) electrons. The molecule has 1 aliphatic rings. The minimum Gasteiger partial charge on any atom is -0.267 e. The summed E-state index contributed by atoms with van der Waals surface area (Å²) in [7, 11) is 0. The van der Waals surface area contributed by atoms with Crippen molar-refractivity contribution in [2.45, 2.75) is 6.92 Å². The van der Waals surface area contributed by atoms with Gasteiger partial charge in [-0.05, 0) is 70.4 Å². The van der Waals surface area contributed by atoms with E-state index in [0.717, 1.165) is 43.0 Å². The molecule has 4 aromatic rings. The maximum Gasteiger partial charge on any atom is 0.280 e. The predicted molar refractivity (Wildman–Crippen MR) is 124 cm³/mol. The molecule has 0 aromatic heterocycles. The van der Waals surface area contributed by atoms with E-state index in [2.05, 4.69) is 51.4 Å². The Bertz CT molecular complexity index is 1280. The zero-order valence-electron chi connectivity index (χ0n) is 15.8. The van der Waals surface area contributed by atoms with Crippen LogP contribution < -0.4 is 5.01 Å². The van der Waals surface area contributed by atoms with Crippen LogP contribution in [0.15, 0.2) is 94.0 Å². The molecular weight excluding hydrogens is 424 g/mol. The normalized spacial score (nSPS) is 15.5. The Morgan fingerprint density at radius 2 is 1.45 bits per heavy atom. The number of hydrazone groups is 1. The molecule has 29 heavy (non-hydrogen) atoms. The summed E-state index contributed by atoms with van der Waals surface area (Å²) in [6, 6.07) is 26.3. The summed E-state index contributed by atoms with van der Waals surface area (Å²) < 4.78 is 0.964. The Balaban J connectivity index is 1.69. The van der Waals surface area contributed by atoms with Crippen LogP contribution >= 0.6 is 15.9 Å². The number of nitrogens with zero attached hydrogens (tertiary/aromatic N) is 2. The SMILES string of the molecule is CC1=NN(c2ccc(Br)cc2)C(=O)/C1=C/c1c2ccccc2cc2ccccc12. The van der Waals surface area contributed by atoms with Crippen molar-refractivity contribution in [2.24, 2.45) is 5.10 Å². The largest absolute Gasteiger partial charge is 0.280 e. The van der Waals surface area contributed by atoms with Gasteiger partial charge in [0.1, 0.15) is 0 Å². The van der Waals surface area contributed by atoms with Crippen molar-refractivity contribution in [3.63, 3.8) is 0 Å². The van der Waals surface area contributed by atoms with Crippen LogP contribution in [-0.2, 0) is 4.79 Å². The number of carbonyl (C=O) groups excluding carboxylic acids is 1. The third-order valence-electron chi connectivity index (χ3n) is 5.24. The minimum atomic E-state index is -0.109. The van der Waals surface area contributed by atoms with Crippen LogP contribution in [0.5, 0.6) is 0 Å². The van der Waals surface area contributed by atoms with Gasteiger partial charge < -0.3 is 0 Å². The molecule has 0 unspecified atom stereocenters. The summed E-state index contributed by atoms with van der Waals surface area (Å²) in [5.74, 6) is -0.109. The Labute approximate surface area is 177 Å². The van der Waals surface area contributed by atoms with E-state index < -0.39 is 0 Å². The Hall–Kier alpha value is -3.24. The average molecular weight is 441 g/mol. The van der Waals surface area contributed by atoms with E-state index in [-0.39, 0.29) is 5.91 Å². The highest BCUT2D eigenvalue weighted by Gasteiger charge is 2.29. The Kier molecular flexibility index (Phi) is 4.29. The molecule has 3 nitrogen and oxygen atoms in total. The lowest BCUT2D eigenvalue weighted by Crippen LogP contribution is -2.21. The number of halogens is 1. The molecule has 0 atom stereocenters. The molecule has 1 aliphatic heterocycles. The van der Waals surface area contributed by atoms with Crippen molar-refractivity contribution in [3.05, 3.63) is 94.5 Å². The van der Waals surface area contributed by atoms with Crippen molar-refractivity contribution < 1.29 is 4.79 Å². The van der Waals surface area contributed by atoms with Gasteiger partial charge in [0.25, 0.3) is 5.91 Å². The lowest BCUT2D eigenvalue weighted by atomic mass is 9.94. The van der Waals surface area contributed by atoms with Crippen LogP contribution in [0.1, 0.15) is 12.5 Å². The van der Waals surface area contributed by atoms with E-state index in [1.54, 1.807) is 0 Å². The zero-order valence-corrected chi connectivity index (χ0v) is 17.3. The highest BCUT2D eigenvalue weighted by atomic mass is 79.9. The van der Waals surface area contributed by atoms with E-state index >= 15 is 0 Å². The summed E-state index contributed by atoms with van der Waals surface area (Å²) in [5.41, 5.74) is 3.14. The fourth-order valence-electron chi connectivity index (χ4n) is 3.79. The van der Waals surface area contributed by atoms with E-state index in [9.17, 15) is 4.79 Å². The van der Waals surface area contributed by atoms with Crippen LogP contribution in [-0.4, -0.2) is 11.6 Å². The monoisotopic (exact) mass is 440 g/mol. The molecule has 0 fully saturated rings. The van der Waals surface area contributed by atoms with Crippen molar-refractivity contribution in [2.75, 3.05) is 5.01 Å². The third-order valence-corrected chi connectivity index (χ3v) is 5.76. The van der Waals surface area contributed by atoms with Crippen molar-refractivity contribution in [1.29, 1.82) is 0 Å². The number of anilines is 1. The van der Waals surface area contributed by atoms with Gasteiger partial charge in [0.05, 0.1) is 17.0 Å². The predicted octanol–water partition coefficient (Wildman–Crippen LogP) is 6.56. The maximum atomic E-state index is 13.2. The Morgan fingerprint density at radius 3 is 2.07 bits per heavy atom. The number of hydrogen-bond acceptors (Lipinski definition) is 2. The van der Waals surface area contributed by atoms with Crippen molar-refractivity contribution in [1.82, 2.24) is 0 Å². The van der Waals surface area contributed by atoms with Gasteiger partial charge in [0, 0.05) is 4.47 Å². The molecular formula is C25H17BrN2O. The van der Waals surface area contributed by atoms with Gasteiger partial charge in [-0.1, -0.05) is 64.5 Å². The van der Waals surface area contributed by atoms with Crippen molar-refractivity contribution >= 4 is 60.9 Å². The molecule has 0 aliphatic carbocycles. The fraction of sp³-hybridized carbons (Fsp3) is 0.0400. The summed E-state index contributed by atoms with van der Waals surface area (Å²) in [6.45, 7) is 1.88. The molecule has 0 saturated carbocycles. The number of amides is 1. The summed E-state index contributed by atoms with van der Waals surface area (Å²) in [4.78, 5) is 13.2. The third kappa shape index (κ3) is 3.06. The Morgan fingerprint density at radius 1 is 0.862 bits per heavy atom. The first kappa shape index (κ1) is 17.8. The second kappa shape index (κ2) is 6.98. The zero-order chi connectivity index (χ0) is 20.0. The molecule has 5 rings (SSSR count). The fourth-order valence-corrected chi connectivity index (χ4v) is 4.05. The van der Waals surface area contributed by atoms with Gasteiger partial charge in [0.2, 0.25) is 0 Å². The number of carbonyl (C=O) groups is 1. The molecule has 4 aromatic carbocycles. The molecule has 1 amide bonds. The highest BCUT2D eigenvalue weighted by molar-refractivity contribution is 9.10. The lowest BCUT2D eigenvalue weighted by molar-refractivity contribution is -0.114. The number of rotatable bonds is 2. The summed E-state index contributed by atoms with van der Waals surface area (Å²) in [5, 5.41) is 10.6. The van der Waals surface area contributed by atoms with Gasteiger partial charge in [-0.3, -0.25) is 4.79 Å². The van der Waals surface area contributed by atoms with Crippen LogP contribution in [0.25, 0.3) is 27.6 Å². The van der Waals surface area contributed by atoms with Gasteiger partial charge in [-0.2, -0.15) is 10.1 Å². The summed E-state index contributed by atoms with van der Waals surface area (Å²) in [6.07, 6.45) is 1.99. The van der Waals surface area contributed by atoms with Crippen LogP contribution in [0.4, 0.5) is 5.69 Å². The number of hydrogen-bond donors (Lipinski definition) is 0. The number of fused-ring (bicyclic) bond motifs is 2. The van der Waals surface area contributed by atoms with Gasteiger partial charge >= 0.3 is 0 Å². The van der Waals surface area contributed by atoms with Crippen LogP contribution in [0, 0.1) is 0 Å². The molecule has 140 valence electrons. The van der Waals surface area contributed by atoms with Gasteiger partial charge in [-0.25, -0.2) is 0 Å². The first-order valence-electron chi connectivity index (χ1n) is 9.39. The van der Waals surface area contributed by atoms with Crippen molar-refractivity contribution in [3.8, 4) is 0 Å². The standard InChI is InChI=1S/C25H17BrN2O/c1-16-23(25(29)28(27-16)20-12-10-19(26)11-13-20)15-24-21-8-4-2-6-17(21)14-18-7-3-5-9-22(18)24/h2-15H,1H3/b23-15+. The quantitative estimate of drug-likeness (QED) is 0.256. The van der Waals surface area contributed by atoms with Gasteiger partial charge in [0.15, 0.2) is 0 Å². The first-order chi connectivity index (χ1) is 14.1. The second-order valence-electron chi connectivity index (χ2n) is 7.07. The lowest BCUT2D eigenvalue weighted by Gasteiger charge is -2.12. The van der Waals surface area contributed by atoms with Gasteiger partial charge in [-0.15, -0.1) is 0 Å². The van der Waals surface area contributed by atoms with E-state index in [0.29, 0.717) is 5.57 Å². The van der Waals surface area contributed by atoms with E-state index in [4.69, 9.17) is 0 Å². The number of benzene rings is 4. The smallest absolute Gasteiger partial charge is 0.267 e. The minimum absolute atomic E-state index is 0.109. The average Bonchev–Trinajstić information content (AvgIpc) is 3.02. The van der Waals surface area contributed by atoms with E-state index in [1.165, 1.54) is 5.01 Å². The maximum absolute atomic E-state index is 13.2. The molecule has 4 heteroatoms. The van der Waals surface area contributed by atoms with E-state index in [1.807, 2.05) is 61.5 Å². The molecule has 0 N–H and O–H groups in total. The molecule has 0 saturated heterocycles. The first-order valence-corrected chi connectivity index (χ1v) is 10.2. The summed E-state index contributed by atoms with van der Waals surface area (Å²) >= 11 is 3.43. The second-order valence-corrected chi connectivity index (χ2v) is 7.98. The topological polar surface area (TPSA) is 32.7 Å².